The number of halogens is 2. The fraction of sp³-hybridized carbons (Fsp3) is 0. The number of hydrogen-bond donors (Lipinski definition) is 0. The monoisotopic (exact) mass is 284 g/mol. The number of ether oxygens (including phenoxy) is 1. The maximum absolute atomic E-state index is 5.94. The van der Waals surface area contributed by atoms with Gasteiger partial charge in [-0.05, 0) is 28.1 Å². The number of aromatic nitrogens is 2. The molecule has 0 N–H and O–H groups in total. The van der Waals surface area contributed by atoms with Crippen LogP contribution < -0.4 is 4.74 Å². The van der Waals surface area contributed by atoms with Crippen LogP contribution in [0.3, 0.4) is 0 Å². The maximum Gasteiger partial charge on any atom is 0.236 e. The first-order valence-electron chi connectivity index (χ1n) is 4.15. The Kier molecular flexibility index (Phi) is 3.18. The summed E-state index contributed by atoms with van der Waals surface area (Å²) in [5, 5.41) is 0.544. The molecule has 1 aromatic heterocycles. The van der Waals surface area contributed by atoms with Crippen molar-refractivity contribution < 1.29 is 4.74 Å². The van der Waals surface area contributed by atoms with Crippen molar-refractivity contribution in [3.8, 4) is 11.6 Å². The summed E-state index contributed by atoms with van der Waals surface area (Å²) in [5.74, 6) is 1.01. The molecule has 15 heavy (non-hydrogen) atoms. The molecule has 0 bridgehead atoms. The van der Waals surface area contributed by atoms with E-state index in [0.29, 0.717) is 21.1 Å². The van der Waals surface area contributed by atoms with E-state index >= 15 is 0 Å². The van der Waals surface area contributed by atoms with E-state index in [1.54, 1.807) is 18.3 Å². The summed E-state index contributed by atoms with van der Waals surface area (Å²) in [4.78, 5) is 7.81. The molecule has 0 fully saturated rings. The molecular weight excluding hydrogens is 279 g/mol. The quantitative estimate of drug-likeness (QED) is 0.844. The van der Waals surface area contributed by atoms with Crippen LogP contribution in [0.15, 0.2) is 41.3 Å². The standard InChI is InChI=1S/C10H6BrClN2O/c11-7-5-13-6-14-10(7)15-9-4-2-1-3-8(9)12/h1-6H. The van der Waals surface area contributed by atoms with E-state index in [9.17, 15) is 0 Å². The molecule has 1 aromatic carbocycles. The van der Waals surface area contributed by atoms with Gasteiger partial charge < -0.3 is 4.74 Å². The van der Waals surface area contributed by atoms with Gasteiger partial charge in [-0.15, -0.1) is 0 Å². The summed E-state index contributed by atoms with van der Waals surface area (Å²) in [7, 11) is 0. The molecule has 2 rings (SSSR count). The van der Waals surface area contributed by atoms with Crippen LogP contribution in [0.5, 0.6) is 11.6 Å². The molecule has 0 unspecified atom stereocenters. The van der Waals surface area contributed by atoms with Crippen molar-refractivity contribution >= 4 is 27.5 Å². The minimum atomic E-state index is 0.443. The van der Waals surface area contributed by atoms with Crippen molar-refractivity contribution in [1.82, 2.24) is 9.97 Å². The third-order valence-corrected chi connectivity index (χ3v) is 2.53. The van der Waals surface area contributed by atoms with Crippen LogP contribution in [-0.4, -0.2) is 9.97 Å². The van der Waals surface area contributed by atoms with Crippen LogP contribution >= 0.6 is 27.5 Å². The number of hydrogen-bond acceptors (Lipinski definition) is 3. The summed E-state index contributed by atoms with van der Waals surface area (Å²) in [6, 6.07) is 7.21. The smallest absolute Gasteiger partial charge is 0.236 e. The van der Waals surface area contributed by atoms with Gasteiger partial charge in [0.05, 0.1) is 9.50 Å². The molecule has 0 radical (unpaired) electrons. The Labute approximate surface area is 100 Å². The molecule has 0 aliphatic rings. The van der Waals surface area contributed by atoms with Crippen LogP contribution in [0.2, 0.25) is 5.02 Å². The van der Waals surface area contributed by atoms with Crippen molar-refractivity contribution in [2.24, 2.45) is 0 Å². The molecule has 2 aromatic rings. The summed E-state index contributed by atoms with van der Waals surface area (Å²) in [5.41, 5.74) is 0. The van der Waals surface area contributed by atoms with Gasteiger partial charge in [-0.1, -0.05) is 23.7 Å². The third kappa shape index (κ3) is 2.46. The first kappa shape index (κ1) is 10.4. The number of nitrogens with zero attached hydrogens (tertiary/aromatic N) is 2. The SMILES string of the molecule is Clc1ccccc1Oc1ncncc1Br. The summed E-state index contributed by atoms with van der Waals surface area (Å²) >= 11 is 9.23. The fourth-order valence-electron chi connectivity index (χ4n) is 1.01. The largest absolute Gasteiger partial charge is 0.436 e. The van der Waals surface area contributed by atoms with Gasteiger partial charge >= 0.3 is 0 Å². The van der Waals surface area contributed by atoms with Gasteiger partial charge in [0, 0.05) is 6.20 Å². The molecule has 0 amide bonds. The average molecular weight is 286 g/mol. The highest BCUT2D eigenvalue weighted by atomic mass is 79.9. The molecule has 0 aliphatic carbocycles. The van der Waals surface area contributed by atoms with Crippen molar-refractivity contribution in [1.29, 1.82) is 0 Å². The molecule has 3 nitrogen and oxygen atoms in total. The van der Waals surface area contributed by atoms with Gasteiger partial charge in [0.15, 0.2) is 0 Å². The summed E-state index contributed by atoms with van der Waals surface area (Å²) in [6.45, 7) is 0. The second-order valence-electron chi connectivity index (χ2n) is 2.71. The first-order chi connectivity index (χ1) is 7.27. The van der Waals surface area contributed by atoms with Crippen LogP contribution in [-0.2, 0) is 0 Å². The Balaban J connectivity index is 2.30. The van der Waals surface area contributed by atoms with Gasteiger partial charge in [-0.3, -0.25) is 0 Å². The van der Waals surface area contributed by atoms with Gasteiger partial charge in [-0.25, -0.2) is 9.97 Å². The Morgan fingerprint density at radius 2 is 2.07 bits per heavy atom. The van der Waals surface area contributed by atoms with Crippen LogP contribution in [0.4, 0.5) is 0 Å². The Morgan fingerprint density at radius 3 is 2.80 bits per heavy atom. The zero-order chi connectivity index (χ0) is 10.7. The normalized spacial score (nSPS) is 10.0. The highest BCUT2D eigenvalue weighted by Crippen LogP contribution is 2.30. The van der Waals surface area contributed by atoms with Crippen molar-refractivity contribution in [3.05, 3.63) is 46.3 Å². The zero-order valence-corrected chi connectivity index (χ0v) is 9.86. The van der Waals surface area contributed by atoms with E-state index in [-0.39, 0.29) is 0 Å². The minimum Gasteiger partial charge on any atom is -0.436 e. The van der Waals surface area contributed by atoms with Crippen LogP contribution in [0.25, 0.3) is 0 Å². The van der Waals surface area contributed by atoms with E-state index in [0.717, 1.165) is 0 Å². The van der Waals surface area contributed by atoms with E-state index in [1.807, 2.05) is 12.1 Å². The van der Waals surface area contributed by atoms with E-state index < -0.39 is 0 Å². The van der Waals surface area contributed by atoms with Crippen molar-refractivity contribution in [2.75, 3.05) is 0 Å². The zero-order valence-electron chi connectivity index (χ0n) is 7.52. The van der Waals surface area contributed by atoms with E-state index in [2.05, 4.69) is 25.9 Å². The molecule has 0 spiro atoms. The van der Waals surface area contributed by atoms with Crippen molar-refractivity contribution in [2.45, 2.75) is 0 Å². The lowest BCUT2D eigenvalue weighted by molar-refractivity contribution is 0.458. The molecule has 0 atom stereocenters. The molecule has 0 aliphatic heterocycles. The lowest BCUT2D eigenvalue weighted by atomic mass is 10.3. The summed E-state index contributed by atoms with van der Waals surface area (Å²) in [6.07, 6.45) is 3.02. The Hall–Kier alpha value is -1.13. The lowest BCUT2D eigenvalue weighted by Crippen LogP contribution is -1.90. The predicted molar refractivity (Wildman–Crippen MR) is 61.3 cm³/mol. The van der Waals surface area contributed by atoms with E-state index in [4.69, 9.17) is 16.3 Å². The second kappa shape index (κ2) is 4.59. The molecule has 0 saturated carbocycles. The molecule has 0 saturated heterocycles. The van der Waals surface area contributed by atoms with Gasteiger partial charge in [0.25, 0.3) is 0 Å². The van der Waals surface area contributed by atoms with Crippen molar-refractivity contribution in [3.63, 3.8) is 0 Å². The Morgan fingerprint density at radius 1 is 1.27 bits per heavy atom. The molecule has 76 valence electrons. The number of rotatable bonds is 2. The second-order valence-corrected chi connectivity index (χ2v) is 3.97. The highest BCUT2D eigenvalue weighted by molar-refractivity contribution is 9.10. The average Bonchev–Trinajstić information content (AvgIpc) is 2.24. The summed E-state index contributed by atoms with van der Waals surface area (Å²) < 4.78 is 6.20. The van der Waals surface area contributed by atoms with Gasteiger partial charge in [0.1, 0.15) is 12.1 Å². The maximum atomic E-state index is 5.94. The van der Waals surface area contributed by atoms with Crippen LogP contribution in [0.1, 0.15) is 0 Å². The Bertz CT molecular complexity index is 435. The van der Waals surface area contributed by atoms with Gasteiger partial charge in [-0.2, -0.15) is 0 Å². The molecular formula is C10H6BrClN2O. The molecule has 1 heterocycles. The molecule has 5 heteroatoms. The highest BCUT2D eigenvalue weighted by Gasteiger charge is 2.06. The first-order valence-corrected chi connectivity index (χ1v) is 5.32. The number of para-hydroxylation sites is 1. The van der Waals surface area contributed by atoms with E-state index in [1.165, 1.54) is 6.33 Å². The van der Waals surface area contributed by atoms with Gasteiger partial charge in [0.2, 0.25) is 5.88 Å². The predicted octanol–water partition coefficient (Wildman–Crippen LogP) is 3.68. The van der Waals surface area contributed by atoms with Crippen LogP contribution in [0, 0.1) is 0 Å². The fourth-order valence-corrected chi connectivity index (χ4v) is 1.48. The minimum absolute atomic E-state index is 0.443. The third-order valence-electron chi connectivity index (χ3n) is 1.68. The lowest BCUT2D eigenvalue weighted by Gasteiger charge is -2.06. The topological polar surface area (TPSA) is 35.0 Å². The number of benzene rings is 1.